The van der Waals surface area contributed by atoms with Crippen molar-refractivity contribution >= 4 is 28.3 Å². The quantitative estimate of drug-likeness (QED) is 0.742. The molecule has 3 nitrogen and oxygen atoms in total. The standard InChI is InChI=1S/C14H8ClF2N3/c15-9-5-7(1-3-10(9)16)8-2-4-11(17)13-12(8)14(18)20-6-19-13/h1-6H,(H2,18,19,20). The molecule has 6 heteroatoms. The monoisotopic (exact) mass is 291 g/mol. The molecule has 0 bridgehead atoms. The van der Waals surface area contributed by atoms with Crippen molar-refractivity contribution in [2.24, 2.45) is 0 Å². The minimum absolute atomic E-state index is 0.0182. The average Bonchev–Trinajstić information content (AvgIpc) is 2.43. The zero-order chi connectivity index (χ0) is 14.3. The van der Waals surface area contributed by atoms with Crippen LogP contribution in [-0.2, 0) is 0 Å². The summed E-state index contributed by atoms with van der Waals surface area (Å²) in [5.74, 6) is -0.859. The van der Waals surface area contributed by atoms with Crippen molar-refractivity contribution in [3.63, 3.8) is 0 Å². The van der Waals surface area contributed by atoms with Gasteiger partial charge in [0.15, 0.2) is 0 Å². The molecule has 0 aliphatic heterocycles. The lowest BCUT2D eigenvalue weighted by Crippen LogP contribution is -1.97. The first-order valence-corrected chi connectivity index (χ1v) is 6.10. The SMILES string of the molecule is Nc1ncnc2c(F)ccc(-c3ccc(F)c(Cl)c3)c12. The summed E-state index contributed by atoms with van der Waals surface area (Å²) in [6, 6.07) is 7.06. The maximum Gasteiger partial charge on any atom is 0.149 e. The van der Waals surface area contributed by atoms with E-state index in [0.717, 1.165) is 0 Å². The molecule has 0 aliphatic rings. The van der Waals surface area contributed by atoms with Crippen LogP contribution in [0, 0.1) is 11.6 Å². The van der Waals surface area contributed by atoms with Crippen molar-refractivity contribution < 1.29 is 8.78 Å². The fourth-order valence-corrected chi connectivity index (χ4v) is 2.25. The van der Waals surface area contributed by atoms with Crippen molar-refractivity contribution in [1.82, 2.24) is 9.97 Å². The van der Waals surface area contributed by atoms with Gasteiger partial charge in [-0.15, -0.1) is 0 Å². The van der Waals surface area contributed by atoms with Crippen molar-refractivity contribution in [3.8, 4) is 11.1 Å². The van der Waals surface area contributed by atoms with Gasteiger partial charge in [-0.25, -0.2) is 18.7 Å². The van der Waals surface area contributed by atoms with Crippen LogP contribution in [0.3, 0.4) is 0 Å². The van der Waals surface area contributed by atoms with Gasteiger partial charge in [0.1, 0.15) is 29.3 Å². The number of anilines is 1. The highest BCUT2D eigenvalue weighted by atomic mass is 35.5. The van der Waals surface area contributed by atoms with E-state index in [1.165, 1.54) is 24.5 Å². The van der Waals surface area contributed by atoms with Crippen LogP contribution in [0.25, 0.3) is 22.0 Å². The smallest absolute Gasteiger partial charge is 0.149 e. The Balaban J connectivity index is 2.36. The molecule has 0 spiro atoms. The van der Waals surface area contributed by atoms with Crippen LogP contribution in [0.5, 0.6) is 0 Å². The third-order valence-electron chi connectivity index (χ3n) is 3.00. The van der Waals surface area contributed by atoms with Crippen LogP contribution in [0.1, 0.15) is 0 Å². The molecule has 0 aliphatic carbocycles. The highest BCUT2D eigenvalue weighted by Gasteiger charge is 2.13. The van der Waals surface area contributed by atoms with E-state index in [1.807, 2.05) is 0 Å². The number of halogens is 3. The Morgan fingerprint density at radius 1 is 1.00 bits per heavy atom. The number of rotatable bonds is 1. The second-order valence-corrected chi connectivity index (χ2v) is 4.61. The Hall–Kier alpha value is -2.27. The van der Waals surface area contributed by atoms with Crippen molar-refractivity contribution in [2.45, 2.75) is 0 Å². The van der Waals surface area contributed by atoms with Gasteiger partial charge in [-0.3, -0.25) is 0 Å². The highest BCUT2D eigenvalue weighted by Crippen LogP contribution is 2.33. The highest BCUT2D eigenvalue weighted by molar-refractivity contribution is 6.31. The van der Waals surface area contributed by atoms with E-state index in [2.05, 4.69) is 9.97 Å². The van der Waals surface area contributed by atoms with Gasteiger partial charge in [0.25, 0.3) is 0 Å². The summed E-state index contributed by atoms with van der Waals surface area (Å²) in [4.78, 5) is 7.76. The summed E-state index contributed by atoms with van der Waals surface area (Å²) in [6.45, 7) is 0. The number of aromatic nitrogens is 2. The molecule has 0 saturated carbocycles. The molecule has 1 heterocycles. The molecule has 0 saturated heterocycles. The van der Waals surface area contributed by atoms with Gasteiger partial charge < -0.3 is 5.73 Å². The van der Waals surface area contributed by atoms with E-state index < -0.39 is 11.6 Å². The van der Waals surface area contributed by atoms with Crippen LogP contribution < -0.4 is 5.73 Å². The number of hydrogen-bond acceptors (Lipinski definition) is 3. The van der Waals surface area contributed by atoms with Crippen molar-refractivity contribution in [2.75, 3.05) is 5.73 Å². The van der Waals surface area contributed by atoms with Gasteiger partial charge in [-0.05, 0) is 29.3 Å². The first-order valence-electron chi connectivity index (χ1n) is 5.72. The number of fused-ring (bicyclic) bond motifs is 1. The summed E-state index contributed by atoms with van der Waals surface area (Å²) in [7, 11) is 0. The molecule has 0 amide bonds. The van der Waals surface area contributed by atoms with Crippen molar-refractivity contribution in [1.29, 1.82) is 0 Å². The molecule has 0 fully saturated rings. The topological polar surface area (TPSA) is 51.8 Å². The lowest BCUT2D eigenvalue weighted by Gasteiger charge is -2.09. The normalized spacial score (nSPS) is 10.9. The molecule has 20 heavy (non-hydrogen) atoms. The van der Waals surface area contributed by atoms with E-state index in [-0.39, 0.29) is 16.4 Å². The lowest BCUT2D eigenvalue weighted by atomic mass is 10.0. The van der Waals surface area contributed by atoms with E-state index in [0.29, 0.717) is 16.5 Å². The van der Waals surface area contributed by atoms with Crippen LogP contribution in [0.15, 0.2) is 36.7 Å². The molecular weight excluding hydrogens is 284 g/mol. The molecule has 100 valence electrons. The number of hydrogen-bond donors (Lipinski definition) is 1. The fourth-order valence-electron chi connectivity index (χ4n) is 2.07. The summed E-state index contributed by atoms with van der Waals surface area (Å²) in [6.07, 6.45) is 1.20. The van der Waals surface area contributed by atoms with Crippen molar-refractivity contribution in [3.05, 3.63) is 53.3 Å². The average molecular weight is 292 g/mol. The van der Waals surface area contributed by atoms with Gasteiger partial charge >= 0.3 is 0 Å². The van der Waals surface area contributed by atoms with E-state index in [1.54, 1.807) is 12.1 Å². The molecule has 0 unspecified atom stereocenters. The predicted octanol–water partition coefficient (Wildman–Crippen LogP) is 3.81. The Labute approximate surface area is 118 Å². The number of benzene rings is 2. The summed E-state index contributed by atoms with van der Waals surface area (Å²) < 4.78 is 27.0. The zero-order valence-corrected chi connectivity index (χ0v) is 10.8. The second-order valence-electron chi connectivity index (χ2n) is 4.21. The molecule has 0 atom stereocenters. The minimum atomic E-state index is -0.522. The van der Waals surface area contributed by atoms with E-state index >= 15 is 0 Å². The molecular formula is C14H8ClF2N3. The van der Waals surface area contributed by atoms with Crippen LogP contribution in [-0.4, -0.2) is 9.97 Å². The Kier molecular flexibility index (Phi) is 2.99. The molecule has 2 aromatic carbocycles. The molecule has 3 rings (SSSR count). The van der Waals surface area contributed by atoms with E-state index in [4.69, 9.17) is 17.3 Å². The number of nitrogen functional groups attached to an aromatic ring is 1. The largest absolute Gasteiger partial charge is 0.383 e. The summed E-state index contributed by atoms with van der Waals surface area (Å²) >= 11 is 5.77. The summed E-state index contributed by atoms with van der Waals surface area (Å²) in [5.41, 5.74) is 7.14. The molecule has 2 N–H and O–H groups in total. The van der Waals surface area contributed by atoms with Crippen LogP contribution in [0.2, 0.25) is 5.02 Å². The predicted molar refractivity (Wildman–Crippen MR) is 74.3 cm³/mol. The van der Waals surface area contributed by atoms with E-state index in [9.17, 15) is 8.78 Å². The maximum atomic E-state index is 13.8. The van der Waals surface area contributed by atoms with Gasteiger partial charge in [0.05, 0.1) is 10.4 Å². The zero-order valence-electron chi connectivity index (χ0n) is 10.1. The van der Waals surface area contributed by atoms with Gasteiger partial charge in [-0.2, -0.15) is 0 Å². The molecule has 1 aromatic heterocycles. The minimum Gasteiger partial charge on any atom is -0.383 e. The first kappa shape index (κ1) is 12.7. The molecule has 3 aromatic rings. The second kappa shape index (κ2) is 4.68. The van der Waals surface area contributed by atoms with Gasteiger partial charge in [0, 0.05) is 0 Å². The Morgan fingerprint density at radius 2 is 1.75 bits per heavy atom. The maximum absolute atomic E-state index is 13.8. The summed E-state index contributed by atoms with van der Waals surface area (Å²) in [5, 5.41) is 0.366. The fraction of sp³-hybridized carbons (Fsp3) is 0. The molecule has 0 radical (unpaired) electrons. The van der Waals surface area contributed by atoms with Gasteiger partial charge in [0.2, 0.25) is 0 Å². The van der Waals surface area contributed by atoms with Crippen LogP contribution in [0.4, 0.5) is 14.6 Å². The lowest BCUT2D eigenvalue weighted by molar-refractivity contribution is 0.628. The number of nitrogens with zero attached hydrogens (tertiary/aromatic N) is 2. The Bertz CT molecular complexity index is 821. The third-order valence-corrected chi connectivity index (χ3v) is 3.29. The van der Waals surface area contributed by atoms with Gasteiger partial charge in [-0.1, -0.05) is 23.7 Å². The Morgan fingerprint density at radius 3 is 2.50 bits per heavy atom. The third kappa shape index (κ3) is 1.96. The first-order chi connectivity index (χ1) is 9.58. The number of nitrogens with two attached hydrogens (primary N) is 1. The van der Waals surface area contributed by atoms with Crippen LogP contribution >= 0.6 is 11.6 Å².